The molecule has 0 aromatic rings. The van der Waals surface area contributed by atoms with E-state index in [1.165, 1.54) is 32.4 Å². The van der Waals surface area contributed by atoms with E-state index >= 15 is 0 Å². The highest BCUT2D eigenvalue weighted by Gasteiger charge is 2.30. The summed E-state index contributed by atoms with van der Waals surface area (Å²) in [7, 11) is 0. The van der Waals surface area contributed by atoms with Crippen LogP contribution in [0.4, 0.5) is 0 Å². The molecule has 0 aliphatic carbocycles. The van der Waals surface area contributed by atoms with Crippen molar-refractivity contribution in [2.24, 2.45) is 17.1 Å². The molecule has 1 aliphatic rings. The fourth-order valence-electron chi connectivity index (χ4n) is 2.46. The highest BCUT2D eigenvalue weighted by Crippen LogP contribution is 2.28. The molecule has 0 radical (unpaired) electrons. The second-order valence-corrected chi connectivity index (χ2v) is 5.70. The van der Waals surface area contributed by atoms with E-state index in [1.807, 2.05) is 0 Å². The first kappa shape index (κ1) is 13.0. The second kappa shape index (κ2) is 5.31. The molecule has 15 heavy (non-hydrogen) atoms. The molecule has 0 spiro atoms. The van der Waals surface area contributed by atoms with Crippen molar-refractivity contribution in [1.82, 2.24) is 4.90 Å². The summed E-state index contributed by atoms with van der Waals surface area (Å²) in [5, 5.41) is 0. The lowest BCUT2D eigenvalue weighted by Gasteiger charge is -2.42. The Labute approximate surface area is 95.2 Å². The Hall–Kier alpha value is -0.0800. The first-order valence-electron chi connectivity index (χ1n) is 6.46. The van der Waals surface area contributed by atoms with Gasteiger partial charge in [-0.1, -0.05) is 20.8 Å². The normalized spacial score (nSPS) is 32.6. The number of hydrogen-bond acceptors (Lipinski definition) is 2. The molecule has 3 unspecified atom stereocenters. The molecule has 90 valence electrons. The van der Waals surface area contributed by atoms with Crippen LogP contribution in [-0.2, 0) is 0 Å². The van der Waals surface area contributed by atoms with Gasteiger partial charge in [0.25, 0.3) is 0 Å². The largest absolute Gasteiger partial charge is 0.330 e. The Bertz CT molecular complexity index is 187. The van der Waals surface area contributed by atoms with Crippen molar-refractivity contribution < 1.29 is 0 Å². The van der Waals surface area contributed by atoms with Gasteiger partial charge in [0.1, 0.15) is 0 Å². The Morgan fingerprint density at radius 3 is 2.60 bits per heavy atom. The van der Waals surface area contributed by atoms with Crippen molar-refractivity contribution in [3.8, 4) is 0 Å². The van der Waals surface area contributed by atoms with Crippen LogP contribution in [0.3, 0.4) is 0 Å². The van der Waals surface area contributed by atoms with Crippen molar-refractivity contribution in [3.05, 3.63) is 0 Å². The van der Waals surface area contributed by atoms with Crippen molar-refractivity contribution in [2.45, 2.75) is 53.0 Å². The minimum absolute atomic E-state index is 0.311. The van der Waals surface area contributed by atoms with E-state index in [4.69, 9.17) is 5.73 Å². The molecule has 1 rings (SSSR count). The third-order valence-electron chi connectivity index (χ3n) is 4.44. The zero-order valence-electron chi connectivity index (χ0n) is 10.9. The van der Waals surface area contributed by atoms with E-state index in [2.05, 4.69) is 32.6 Å². The molecule has 0 aromatic carbocycles. The average molecular weight is 212 g/mol. The fourth-order valence-corrected chi connectivity index (χ4v) is 2.46. The molecule has 0 bridgehead atoms. The third kappa shape index (κ3) is 3.18. The summed E-state index contributed by atoms with van der Waals surface area (Å²) in [5.41, 5.74) is 6.20. The van der Waals surface area contributed by atoms with E-state index in [1.54, 1.807) is 0 Å². The Morgan fingerprint density at radius 2 is 2.07 bits per heavy atom. The van der Waals surface area contributed by atoms with Gasteiger partial charge >= 0.3 is 0 Å². The van der Waals surface area contributed by atoms with Gasteiger partial charge in [-0.05, 0) is 50.6 Å². The number of nitrogens with two attached hydrogens (primary N) is 1. The number of likely N-dealkylation sites (tertiary alicyclic amines) is 1. The quantitative estimate of drug-likeness (QED) is 0.776. The van der Waals surface area contributed by atoms with Gasteiger partial charge in [0, 0.05) is 12.6 Å². The lowest BCUT2D eigenvalue weighted by Crippen LogP contribution is -2.49. The minimum atomic E-state index is 0.311. The summed E-state index contributed by atoms with van der Waals surface area (Å²) in [6.07, 6.45) is 3.93. The lowest BCUT2D eigenvalue weighted by atomic mass is 9.84. The fraction of sp³-hybridized carbons (Fsp3) is 1.00. The van der Waals surface area contributed by atoms with Gasteiger partial charge in [0.05, 0.1) is 0 Å². The Morgan fingerprint density at radius 1 is 1.40 bits per heavy atom. The van der Waals surface area contributed by atoms with Crippen LogP contribution in [-0.4, -0.2) is 30.6 Å². The van der Waals surface area contributed by atoms with Gasteiger partial charge in [0.2, 0.25) is 0 Å². The molecule has 1 fully saturated rings. The predicted octanol–water partition coefficient (Wildman–Crippen LogP) is 2.48. The first-order valence-corrected chi connectivity index (χ1v) is 6.46. The summed E-state index contributed by atoms with van der Waals surface area (Å²) >= 11 is 0. The van der Waals surface area contributed by atoms with Gasteiger partial charge in [0.15, 0.2) is 0 Å². The third-order valence-corrected chi connectivity index (χ3v) is 4.44. The summed E-state index contributed by atoms with van der Waals surface area (Å²) < 4.78 is 0. The van der Waals surface area contributed by atoms with E-state index < -0.39 is 0 Å². The van der Waals surface area contributed by atoms with Crippen LogP contribution < -0.4 is 5.73 Å². The zero-order valence-corrected chi connectivity index (χ0v) is 10.9. The van der Waals surface area contributed by atoms with Gasteiger partial charge in [-0.15, -0.1) is 0 Å². The molecule has 2 heteroatoms. The number of hydrogen-bond donors (Lipinski definition) is 1. The average Bonchev–Trinajstić information content (AvgIpc) is 2.25. The molecule has 1 heterocycles. The van der Waals surface area contributed by atoms with Crippen molar-refractivity contribution >= 4 is 0 Å². The first-order chi connectivity index (χ1) is 7.02. The molecular weight excluding hydrogens is 184 g/mol. The molecule has 0 amide bonds. The minimum Gasteiger partial charge on any atom is -0.330 e. The summed E-state index contributed by atoms with van der Waals surface area (Å²) in [6.45, 7) is 12.6. The van der Waals surface area contributed by atoms with E-state index in [0.29, 0.717) is 5.41 Å². The maximum Gasteiger partial charge on any atom is 0.00928 e. The summed E-state index contributed by atoms with van der Waals surface area (Å²) in [6, 6.07) is 0.733. The van der Waals surface area contributed by atoms with Crippen LogP contribution in [0.2, 0.25) is 0 Å². The van der Waals surface area contributed by atoms with Crippen LogP contribution in [0, 0.1) is 11.3 Å². The molecule has 1 saturated heterocycles. The van der Waals surface area contributed by atoms with Crippen LogP contribution in [0.5, 0.6) is 0 Å². The molecule has 3 atom stereocenters. The standard InChI is InChI=1S/C13H28N2/c1-5-13(4,9-14)10-15-8-6-7-11(2)12(15)3/h11-12H,5-10,14H2,1-4H3. The van der Waals surface area contributed by atoms with Crippen LogP contribution in [0.25, 0.3) is 0 Å². The molecule has 2 N–H and O–H groups in total. The van der Waals surface area contributed by atoms with Gasteiger partial charge in [-0.3, -0.25) is 4.90 Å². The Kier molecular flexibility index (Phi) is 4.60. The smallest absolute Gasteiger partial charge is 0.00928 e. The van der Waals surface area contributed by atoms with E-state index in [-0.39, 0.29) is 0 Å². The maximum absolute atomic E-state index is 5.89. The monoisotopic (exact) mass is 212 g/mol. The molecule has 1 aliphatic heterocycles. The number of piperidine rings is 1. The molecule has 2 nitrogen and oxygen atoms in total. The Balaban J connectivity index is 2.56. The highest BCUT2D eigenvalue weighted by atomic mass is 15.2. The predicted molar refractivity (Wildman–Crippen MR) is 66.9 cm³/mol. The number of nitrogens with zero attached hydrogens (tertiary/aromatic N) is 1. The molecular formula is C13H28N2. The zero-order chi connectivity index (χ0) is 11.5. The van der Waals surface area contributed by atoms with Gasteiger partial charge in [-0.25, -0.2) is 0 Å². The molecule has 0 aromatic heterocycles. The van der Waals surface area contributed by atoms with Gasteiger partial charge in [-0.2, -0.15) is 0 Å². The van der Waals surface area contributed by atoms with Crippen molar-refractivity contribution in [1.29, 1.82) is 0 Å². The molecule has 0 saturated carbocycles. The number of rotatable bonds is 4. The van der Waals surface area contributed by atoms with Crippen LogP contribution >= 0.6 is 0 Å². The second-order valence-electron chi connectivity index (χ2n) is 5.70. The van der Waals surface area contributed by atoms with Crippen LogP contribution in [0.1, 0.15) is 47.0 Å². The summed E-state index contributed by atoms with van der Waals surface area (Å²) in [4.78, 5) is 2.64. The van der Waals surface area contributed by atoms with E-state index in [9.17, 15) is 0 Å². The van der Waals surface area contributed by atoms with Crippen molar-refractivity contribution in [3.63, 3.8) is 0 Å². The topological polar surface area (TPSA) is 29.3 Å². The van der Waals surface area contributed by atoms with Crippen LogP contribution in [0.15, 0.2) is 0 Å². The van der Waals surface area contributed by atoms with Gasteiger partial charge < -0.3 is 5.73 Å². The maximum atomic E-state index is 5.89. The lowest BCUT2D eigenvalue weighted by molar-refractivity contribution is 0.0671. The van der Waals surface area contributed by atoms with E-state index in [0.717, 1.165) is 18.5 Å². The van der Waals surface area contributed by atoms with Crippen molar-refractivity contribution in [2.75, 3.05) is 19.6 Å². The SMILES string of the molecule is CCC(C)(CN)CN1CCCC(C)C1C. The highest BCUT2D eigenvalue weighted by molar-refractivity contribution is 4.85. The summed E-state index contributed by atoms with van der Waals surface area (Å²) in [5.74, 6) is 0.845.